The molecular formula is C15H18O2. The number of rotatable bonds is 5. The molecule has 2 nitrogen and oxygen atoms in total. The molecule has 0 aliphatic rings. The monoisotopic (exact) mass is 230 g/mol. The number of carbonyl (C=O) groups is 1. The van der Waals surface area contributed by atoms with E-state index in [4.69, 9.17) is 17.6 Å². The number of esters is 1. The van der Waals surface area contributed by atoms with Crippen LogP contribution in [0, 0.1) is 24.7 Å². The summed E-state index contributed by atoms with van der Waals surface area (Å²) in [6.45, 7) is 6.06. The van der Waals surface area contributed by atoms with Crippen molar-refractivity contribution in [2.24, 2.45) is 0 Å². The van der Waals surface area contributed by atoms with E-state index in [0.29, 0.717) is 0 Å². The first kappa shape index (κ1) is 15.1. The van der Waals surface area contributed by atoms with E-state index in [1.165, 1.54) is 5.57 Å². The van der Waals surface area contributed by atoms with Crippen molar-refractivity contribution >= 4 is 5.97 Å². The van der Waals surface area contributed by atoms with Crippen LogP contribution in [0.5, 0.6) is 0 Å². The second-order valence-corrected chi connectivity index (χ2v) is 3.97. The van der Waals surface area contributed by atoms with Crippen LogP contribution in [-0.4, -0.2) is 12.1 Å². The van der Waals surface area contributed by atoms with E-state index >= 15 is 0 Å². The molecule has 0 radical (unpaired) electrons. The van der Waals surface area contributed by atoms with Crippen molar-refractivity contribution in [3.63, 3.8) is 0 Å². The highest BCUT2D eigenvalue weighted by atomic mass is 16.5. The number of ether oxygens (including phenoxy) is 1. The first-order chi connectivity index (χ1) is 7.99. The number of hydrogen-bond donors (Lipinski definition) is 0. The Bertz CT molecular complexity index is 396. The van der Waals surface area contributed by atoms with Gasteiger partial charge in [0, 0.05) is 5.92 Å². The first-order valence-corrected chi connectivity index (χ1v) is 5.43. The van der Waals surface area contributed by atoms with Crippen LogP contribution in [0.2, 0.25) is 0 Å². The molecule has 0 spiro atoms. The fourth-order valence-electron chi connectivity index (χ4n) is 1.20. The first-order valence-electron chi connectivity index (χ1n) is 5.43. The highest BCUT2D eigenvalue weighted by Crippen LogP contribution is 2.09. The molecule has 0 aliphatic heterocycles. The molecule has 0 bridgehead atoms. The zero-order valence-electron chi connectivity index (χ0n) is 10.6. The Hall–Kier alpha value is -1.93. The van der Waals surface area contributed by atoms with Gasteiger partial charge in [-0.25, -0.2) is 4.79 Å². The standard InChI is InChI=1S/C15H18O2/c1-6-14(17-15(16)7-2)11-13(5)10-8-9-12(3)4/h1-2,9,11,14H,8,10H2,3-5H3/b13-11+. The van der Waals surface area contributed by atoms with Gasteiger partial charge >= 0.3 is 5.97 Å². The van der Waals surface area contributed by atoms with E-state index in [-0.39, 0.29) is 0 Å². The zero-order chi connectivity index (χ0) is 13.3. The summed E-state index contributed by atoms with van der Waals surface area (Å²) in [6, 6.07) is 0. The summed E-state index contributed by atoms with van der Waals surface area (Å²) >= 11 is 0. The normalized spacial score (nSPS) is 11.9. The summed E-state index contributed by atoms with van der Waals surface area (Å²) in [5.41, 5.74) is 2.36. The lowest BCUT2D eigenvalue weighted by molar-refractivity contribution is -0.137. The van der Waals surface area contributed by atoms with E-state index in [1.807, 2.05) is 12.8 Å². The summed E-state index contributed by atoms with van der Waals surface area (Å²) in [7, 11) is 0. The average molecular weight is 230 g/mol. The van der Waals surface area contributed by atoms with Crippen molar-refractivity contribution in [3.05, 3.63) is 23.3 Å². The molecule has 1 atom stereocenters. The van der Waals surface area contributed by atoms with E-state index < -0.39 is 12.1 Å². The number of carbonyl (C=O) groups excluding carboxylic acids is 1. The fraction of sp³-hybridized carbons (Fsp3) is 0.400. The molecule has 0 fully saturated rings. The summed E-state index contributed by atoms with van der Waals surface area (Å²) in [5.74, 6) is 3.50. The van der Waals surface area contributed by atoms with Crippen LogP contribution in [0.3, 0.4) is 0 Å². The predicted octanol–water partition coefficient (Wildman–Crippen LogP) is 2.86. The molecular weight excluding hydrogens is 212 g/mol. The van der Waals surface area contributed by atoms with Crippen LogP contribution in [0.15, 0.2) is 23.3 Å². The molecule has 0 aromatic rings. The van der Waals surface area contributed by atoms with Gasteiger partial charge in [0.2, 0.25) is 0 Å². The average Bonchev–Trinajstić information content (AvgIpc) is 2.27. The number of allylic oxidation sites excluding steroid dienone is 3. The quantitative estimate of drug-likeness (QED) is 0.314. The van der Waals surface area contributed by atoms with E-state index in [0.717, 1.165) is 18.4 Å². The number of hydrogen-bond acceptors (Lipinski definition) is 2. The zero-order valence-corrected chi connectivity index (χ0v) is 10.6. The van der Waals surface area contributed by atoms with Gasteiger partial charge in [0.05, 0.1) is 0 Å². The smallest absolute Gasteiger partial charge is 0.385 e. The van der Waals surface area contributed by atoms with Crippen molar-refractivity contribution in [2.45, 2.75) is 39.7 Å². The molecule has 0 aromatic heterocycles. The molecule has 0 aliphatic carbocycles. The molecule has 2 heteroatoms. The Labute approximate surface area is 104 Å². The summed E-state index contributed by atoms with van der Waals surface area (Å²) in [4.78, 5) is 10.9. The van der Waals surface area contributed by atoms with Crippen LogP contribution < -0.4 is 0 Å². The minimum atomic E-state index is -0.735. The molecule has 1 unspecified atom stereocenters. The van der Waals surface area contributed by atoms with Crippen LogP contribution >= 0.6 is 0 Å². The Balaban J connectivity index is 4.34. The Kier molecular flexibility index (Phi) is 7.31. The maximum absolute atomic E-state index is 10.9. The predicted molar refractivity (Wildman–Crippen MR) is 70.0 cm³/mol. The molecule has 0 amide bonds. The highest BCUT2D eigenvalue weighted by molar-refractivity contribution is 5.88. The van der Waals surface area contributed by atoms with Crippen LogP contribution in [-0.2, 0) is 9.53 Å². The van der Waals surface area contributed by atoms with E-state index in [1.54, 1.807) is 6.08 Å². The third-order valence-electron chi connectivity index (χ3n) is 2.04. The third kappa shape index (κ3) is 7.94. The molecule has 17 heavy (non-hydrogen) atoms. The minimum absolute atomic E-state index is 0.676. The lowest BCUT2D eigenvalue weighted by Gasteiger charge is -2.07. The van der Waals surface area contributed by atoms with Crippen LogP contribution in [0.1, 0.15) is 33.6 Å². The topological polar surface area (TPSA) is 26.3 Å². The lowest BCUT2D eigenvalue weighted by Crippen LogP contribution is -2.12. The molecule has 0 N–H and O–H groups in total. The third-order valence-corrected chi connectivity index (χ3v) is 2.04. The van der Waals surface area contributed by atoms with Crippen LogP contribution in [0.25, 0.3) is 0 Å². The minimum Gasteiger partial charge on any atom is -0.435 e. The van der Waals surface area contributed by atoms with Crippen molar-refractivity contribution in [3.8, 4) is 24.7 Å². The van der Waals surface area contributed by atoms with Gasteiger partial charge in [0.25, 0.3) is 0 Å². The van der Waals surface area contributed by atoms with Crippen molar-refractivity contribution in [1.29, 1.82) is 0 Å². The molecule has 0 heterocycles. The molecule has 0 aromatic carbocycles. The summed E-state index contributed by atoms with van der Waals surface area (Å²) in [6.07, 6.45) is 15.2. The lowest BCUT2D eigenvalue weighted by atomic mass is 10.1. The van der Waals surface area contributed by atoms with E-state index in [9.17, 15) is 4.79 Å². The van der Waals surface area contributed by atoms with Gasteiger partial charge in [-0.2, -0.15) is 0 Å². The fourth-order valence-corrected chi connectivity index (χ4v) is 1.20. The Morgan fingerprint density at radius 3 is 2.47 bits per heavy atom. The van der Waals surface area contributed by atoms with Gasteiger partial charge in [-0.15, -0.1) is 12.8 Å². The highest BCUT2D eigenvalue weighted by Gasteiger charge is 2.06. The summed E-state index contributed by atoms with van der Waals surface area (Å²) in [5, 5.41) is 0. The Morgan fingerprint density at radius 2 is 2.00 bits per heavy atom. The molecule has 0 rings (SSSR count). The summed E-state index contributed by atoms with van der Waals surface area (Å²) < 4.78 is 4.84. The SMILES string of the molecule is C#CC(=O)OC(C#C)/C=C(\C)CCC=C(C)C. The van der Waals surface area contributed by atoms with Gasteiger partial charge in [-0.3, -0.25) is 0 Å². The second kappa shape index (κ2) is 8.25. The van der Waals surface area contributed by atoms with E-state index in [2.05, 4.69) is 25.8 Å². The maximum Gasteiger partial charge on any atom is 0.385 e. The van der Waals surface area contributed by atoms with Gasteiger partial charge < -0.3 is 4.74 Å². The molecule has 0 saturated heterocycles. The molecule has 0 saturated carbocycles. The second-order valence-electron chi connectivity index (χ2n) is 3.97. The van der Waals surface area contributed by atoms with Crippen molar-refractivity contribution in [2.75, 3.05) is 0 Å². The van der Waals surface area contributed by atoms with Gasteiger partial charge in [0.1, 0.15) is 0 Å². The van der Waals surface area contributed by atoms with Gasteiger partial charge in [-0.05, 0) is 39.7 Å². The number of terminal acetylenes is 2. The Morgan fingerprint density at radius 1 is 1.35 bits per heavy atom. The van der Waals surface area contributed by atoms with Crippen molar-refractivity contribution < 1.29 is 9.53 Å². The van der Waals surface area contributed by atoms with Crippen molar-refractivity contribution in [1.82, 2.24) is 0 Å². The largest absolute Gasteiger partial charge is 0.435 e. The maximum atomic E-state index is 10.9. The molecule has 90 valence electrons. The van der Waals surface area contributed by atoms with Gasteiger partial charge in [-0.1, -0.05) is 23.1 Å². The van der Waals surface area contributed by atoms with Crippen LogP contribution in [0.4, 0.5) is 0 Å². The van der Waals surface area contributed by atoms with Gasteiger partial charge in [0.15, 0.2) is 6.10 Å².